The molecule has 0 aromatic heterocycles. The molecule has 6 rings (SSSR count). The quantitative estimate of drug-likeness (QED) is 0.555. The third-order valence-corrected chi connectivity index (χ3v) is 8.51. The van der Waals surface area contributed by atoms with Crippen LogP contribution in [0.4, 0.5) is 5.69 Å². The van der Waals surface area contributed by atoms with E-state index in [0.717, 1.165) is 37.9 Å². The molecular weight excluding hydrogens is 482 g/mol. The Balaban J connectivity index is 1.17. The summed E-state index contributed by atoms with van der Waals surface area (Å²) in [5.41, 5.74) is 1.59. The number of imide groups is 1. The third kappa shape index (κ3) is 4.50. The summed E-state index contributed by atoms with van der Waals surface area (Å²) in [5.74, 6) is 0.752. The minimum absolute atomic E-state index is 0.109. The van der Waals surface area contributed by atoms with Gasteiger partial charge in [-0.25, -0.2) is 0 Å². The zero-order valence-corrected chi connectivity index (χ0v) is 21.9. The van der Waals surface area contributed by atoms with Crippen LogP contribution in [0.25, 0.3) is 0 Å². The van der Waals surface area contributed by atoms with Crippen molar-refractivity contribution in [3.05, 3.63) is 53.6 Å². The zero-order valence-electron chi connectivity index (χ0n) is 21.9. The fourth-order valence-corrected chi connectivity index (χ4v) is 6.44. The predicted octanol–water partition coefficient (Wildman–Crippen LogP) is 4.13. The molecule has 0 spiro atoms. The van der Waals surface area contributed by atoms with Gasteiger partial charge in [0.2, 0.25) is 5.91 Å². The van der Waals surface area contributed by atoms with Crippen molar-refractivity contribution in [3.8, 4) is 11.5 Å². The Morgan fingerprint density at radius 1 is 0.947 bits per heavy atom. The number of nitrogens with zero attached hydrogens (tertiary/aromatic N) is 3. The first-order valence-electron chi connectivity index (χ1n) is 13.9. The summed E-state index contributed by atoms with van der Waals surface area (Å²) in [6.07, 6.45) is 7.07. The summed E-state index contributed by atoms with van der Waals surface area (Å²) >= 11 is 0. The van der Waals surface area contributed by atoms with Gasteiger partial charge >= 0.3 is 0 Å². The molecular formula is C30H35N3O5. The van der Waals surface area contributed by atoms with Crippen LogP contribution in [0.2, 0.25) is 0 Å². The molecule has 8 heteroatoms. The van der Waals surface area contributed by atoms with Crippen LogP contribution in [0, 0.1) is 5.92 Å². The van der Waals surface area contributed by atoms with E-state index in [1.54, 1.807) is 6.07 Å². The van der Waals surface area contributed by atoms with Gasteiger partial charge in [0.05, 0.1) is 29.3 Å². The lowest BCUT2D eigenvalue weighted by molar-refractivity contribution is -0.137. The van der Waals surface area contributed by atoms with Gasteiger partial charge in [-0.05, 0) is 49.9 Å². The van der Waals surface area contributed by atoms with Crippen LogP contribution in [0.1, 0.15) is 65.7 Å². The van der Waals surface area contributed by atoms with Crippen molar-refractivity contribution >= 4 is 23.4 Å². The van der Waals surface area contributed by atoms with E-state index in [1.807, 2.05) is 48.3 Å². The van der Waals surface area contributed by atoms with Crippen LogP contribution >= 0.6 is 0 Å². The summed E-state index contributed by atoms with van der Waals surface area (Å²) in [7, 11) is 1.95. The highest BCUT2D eigenvalue weighted by molar-refractivity contribution is 6.23. The van der Waals surface area contributed by atoms with Gasteiger partial charge < -0.3 is 19.3 Å². The van der Waals surface area contributed by atoms with E-state index in [9.17, 15) is 14.4 Å². The van der Waals surface area contributed by atoms with Crippen LogP contribution in [0.3, 0.4) is 0 Å². The van der Waals surface area contributed by atoms with Crippen molar-refractivity contribution in [2.75, 3.05) is 38.2 Å². The standard InChI is InChI=1S/C30H35N3O5/c1-31(21-10-3-2-4-11-21)28(34)20-9-8-16-32(17-20)24-13-7-12-23-27(24)30(36)33(29(23)35)18-22-19-37-25-14-5-6-15-26(25)38-22/h5-7,12-15,20-22H,2-4,8-11,16-19H2,1H3/t20-,22+/m0/s1. The topological polar surface area (TPSA) is 79.4 Å². The summed E-state index contributed by atoms with van der Waals surface area (Å²) in [5, 5.41) is 0. The first-order chi connectivity index (χ1) is 18.5. The number of benzene rings is 2. The number of anilines is 1. The maximum absolute atomic E-state index is 13.6. The van der Waals surface area contributed by atoms with Crippen LogP contribution in [-0.2, 0) is 4.79 Å². The molecule has 38 heavy (non-hydrogen) atoms. The second-order valence-corrected chi connectivity index (χ2v) is 10.9. The van der Waals surface area contributed by atoms with Gasteiger partial charge in [-0.2, -0.15) is 0 Å². The Labute approximate surface area is 223 Å². The molecule has 1 aliphatic carbocycles. The highest BCUT2D eigenvalue weighted by Crippen LogP contribution is 2.36. The van der Waals surface area contributed by atoms with Gasteiger partial charge in [-0.1, -0.05) is 37.5 Å². The first-order valence-corrected chi connectivity index (χ1v) is 13.9. The van der Waals surface area contributed by atoms with E-state index in [1.165, 1.54) is 24.2 Å². The van der Waals surface area contributed by atoms with Gasteiger partial charge in [0.25, 0.3) is 11.8 Å². The largest absolute Gasteiger partial charge is 0.486 e. The number of hydrogen-bond donors (Lipinski definition) is 0. The number of amides is 3. The van der Waals surface area contributed by atoms with Crippen molar-refractivity contribution in [1.29, 1.82) is 0 Å². The molecule has 2 fully saturated rings. The number of hydrogen-bond acceptors (Lipinski definition) is 6. The van der Waals surface area contributed by atoms with Crippen LogP contribution in [0.5, 0.6) is 11.5 Å². The smallest absolute Gasteiger partial charge is 0.263 e. The summed E-state index contributed by atoms with van der Waals surface area (Å²) in [4.78, 5) is 45.8. The number of carbonyl (C=O) groups is 3. The Bertz CT molecular complexity index is 1240. The van der Waals surface area contributed by atoms with Crippen LogP contribution in [-0.4, -0.2) is 73.0 Å². The molecule has 0 radical (unpaired) electrons. The number of rotatable bonds is 5. The maximum Gasteiger partial charge on any atom is 0.263 e. The number of piperidine rings is 1. The third-order valence-electron chi connectivity index (χ3n) is 8.51. The second kappa shape index (κ2) is 10.3. The van der Waals surface area contributed by atoms with E-state index >= 15 is 0 Å². The summed E-state index contributed by atoms with van der Waals surface area (Å²) in [6, 6.07) is 13.2. The van der Waals surface area contributed by atoms with Crippen LogP contribution in [0.15, 0.2) is 42.5 Å². The minimum Gasteiger partial charge on any atom is -0.486 e. The van der Waals surface area contributed by atoms with Gasteiger partial charge in [-0.3, -0.25) is 19.3 Å². The van der Waals surface area contributed by atoms with Crippen molar-refractivity contribution in [2.24, 2.45) is 5.92 Å². The molecule has 4 aliphatic rings. The fourth-order valence-electron chi connectivity index (χ4n) is 6.44. The molecule has 3 amide bonds. The Kier molecular flexibility index (Phi) is 6.72. The van der Waals surface area contributed by atoms with Crippen molar-refractivity contribution < 1.29 is 23.9 Å². The molecule has 3 aliphatic heterocycles. The van der Waals surface area contributed by atoms with E-state index in [4.69, 9.17) is 9.47 Å². The molecule has 1 saturated heterocycles. The molecule has 0 N–H and O–H groups in total. The zero-order chi connectivity index (χ0) is 26.2. The number of ether oxygens (including phenoxy) is 2. The minimum atomic E-state index is -0.442. The van der Waals surface area contributed by atoms with Gasteiger partial charge in [0.1, 0.15) is 6.61 Å². The summed E-state index contributed by atoms with van der Waals surface area (Å²) < 4.78 is 11.8. The monoisotopic (exact) mass is 517 g/mol. The lowest BCUT2D eigenvalue weighted by Crippen LogP contribution is -2.47. The molecule has 1 saturated carbocycles. The van der Waals surface area contributed by atoms with Gasteiger partial charge in [-0.15, -0.1) is 0 Å². The molecule has 200 valence electrons. The van der Waals surface area contributed by atoms with Gasteiger partial charge in [0, 0.05) is 26.2 Å². The lowest BCUT2D eigenvalue weighted by Gasteiger charge is -2.38. The Hall–Kier alpha value is -3.55. The number of fused-ring (bicyclic) bond motifs is 2. The number of carbonyl (C=O) groups excluding carboxylic acids is 3. The molecule has 8 nitrogen and oxygen atoms in total. The van der Waals surface area contributed by atoms with E-state index in [2.05, 4.69) is 4.90 Å². The van der Waals surface area contributed by atoms with Gasteiger partial charge in [0.15, 0.2) is 17.6 Å². The van der Waals surface area contributed by atoms with E-state index in [-0.39, 0.29) is 36.8 Å². The van der Waals surface area contributed by atoms with Crippen molar-refractivity contribution in [2.45, 2.75) is 57.1 Å². The lowest BCUT2D eigenvalue weighted by atomic mass is 9.91. The fraction of sp³-hybridized carbons (Fsp3) is 0.500. The predicted molar refractivity (Wildman–Crippen MR) is 143 cm³/mol. The molecule has 2 aromatic rings. The van der Waals surface area contributed by atoms with E-state index < -0.39 is 6.10 Å². The molecule has 0 unspecified atom stereocenters. The average molecular weight is 518 g/mol. The van der Waals surface area contributed by atoms with Crippen molar-refractivity contribution in [1.82, 2.24) is 9.80 Å². The average Bonchev–Trinajstić information content (AvgIpc) is 3.21. The van der Waals surface area contributed by atoms with Crippen LogP contribution < -0.4 is 14.4 Å². The number of para-hydroxylation sites is 2. The maximum atomic E-state index is 13.6. The van der Waals surface area contributed by atoms with Crippen molar-refractivity contribution in [3.63, 3.8) is 0 Å². The molecule has 3 heterocycles. The highest BCUT2D eigenvalue weighted by Gasteiger charge is 2.41. The molecule has 2 atom stereocenters. The second-order valence-electron chi connectivity index (χ2n) is 10.9. The van der Waals surface area contributed by atoms with E-state index in [0.29, 0.717) is 35.2 Å². The first kappa shape index (κ1) is 24.8. The molecule has 0 bridgehead atoms. The Morgan fingerprint density at radius 2 is 1.74 bits per heavy atom. The Morgan fingerprint density at radius 3 is 2.55 bits per heavy atom. The normalized spacial score (nSPS) is 23.4. The highest BCUT2D eigenvalue weighted by atomic mass is 16.6. The summed E-state index contributed by atoms with van der Waals surface area (Å²) in [6.45, 7) is 1.70. The molecule has 2 aromatic carbocycles. The SMILES string of the molecule is CN(C(=O)[C@H]1CCCN(c2cccc3c2C(=O)N(C[C@@H]2COc4ccccc4O2)C3=O)C1)C1CCCCC1.